The highest BCUT2D eigenvalue weighted by Gasteiger charge is 2.20. The van der Waals surface area contributed by atoms with Crippen LogP contribution in [-0.2, 0) is 9.53 Å². The van der Waals surface area contributed by atoms with Gasteiger partial charge in [-0.1, -0.05) is 0 Å². The van der Waals surface area contributed by atoms with Gasteiger partial charge in [0.2, 0.25) is 0 Å². The van der Waals surface area contributed by atoms with Crippen LogP contribution in [0.1, 0.15) is 10.9 Å². The quantitative estimate of drug-likeness (QED) is 0.848. The second kappa shape index (κ2) is 4.74. The summed E-state index contributed by atoms with van der Waals surface area (Å²) in [4.78, 5) is 12.2. The average molecular weight is 264 g/mol. The molecule has 0 saturated heterocycles. The molecule has 0 aromatic carbocycles. The summed E-state index contributed by atoms with van der Waals surface area (Å²) in [6.45, 7) is 0. The maximum atomic E-state index is 11.3. The van der Waals surface area contributed by atoms with Gasteiger partial charge in [-0.25, -0.2) is 4.79 Å². The lowest BCUT2D eigenvalue weighted by Gasteiger charge is -2.10. The fourth-order valence-corrected chi connectivity index (χ4v) is 2.50. The van der Waals surface area contributed by atoms with Gasteiger partial charge in [0.1, 0.15) is 6.04 Å². The number of ether oxygens (including phenoxy) is 1. The van der Waals surface area contributed by atoms with Gasteiger partial charge in [0.05, 0.1) is 10.9 Å². The second-order valence-corrected chi connectivity index (χ2v) is 4.88. The summed E-state index contributed by atoms with van der Waals surface area (Å²) < 4.78 is 5.66. The van der Waals surface area contributed by atoms with Crippen molar-refractivity contribution in [2.24, 2.45) is 0 Å². The van der Waals surface area contributed by atoms with Crippen molar-refractivity contribution in [3.8, 4) is 0 Å². The number of carbonyl (C=O) groups excluding carboxylic acids is 1. The normalized spacial score (nSPS) is 12.5. The molecule has 0 radical (unpaired) electrons. The van der Waals surface area contributed by atoms with Gasteiger partial charge in [0.15, 0.2) is 0 Å². The fourth-order valence-electron chi connectivity index (χ4n) is 0.978. The monoisotopic (exact) mass is 263 g/mol. The van der Waals surface area contributed by atoms with E-state index in [1.807, 2.05) is 12.1 Å². The third-order valence-electron chi connectivity index (χ3n) is 1.60. The molecule has 13 heavy (non-hydrogen) atoms. The van der Waals surface area contributed by atoms with Crippen molar-refractivity contribution < 1.29 is 9.53 Å². The number of esters is 1. The molecule has 0 amide bonds. The standard InChI is InChI=1S/C8H10BrNO2S/c1-10-7(8(11)12-2)5-3-4-6(9)13-5/h3-4,7,10H,1-2H3/t7-/m1/s1. The summed E-state index contributed by atoms with van der Waals surface area (Å²) in [5.74, 6) is -0.267. The van der Waals surface area contributed by atoms with E-state index in [2.05, 4.69) is 26.0 Å². The van der Waals surface area contributed by atoms with Crippen LogP contribution in [0.5, 0.6) is 0 Å². The van der Waals surface area contributed by atoms with Crippen molar-refractivity contribution >= 4 is 33.2 Å². The minimum absolute atomic E-state index is 0.267. The molecule has 1 aromatic heterocycles. The summed E-state index contributed by atoms with van der Waals surface area (Å²) in [5.41, 5.74) is 0. The topological polar surface area (TPSA) is 38.3 Å². The molecule has 1 heterocycles. The van der Waals surface area contributed by atoms with Crippen molar-refractivity contribution in [1.82, 2.24) is 5.32 Å². The Bertz CT molecular complexity index is 300. The zero-order valence-corrected chi connectivity index (χ0v) is 9.74. The number of methoxy groups -OCH3 is 1. The first-order valence-electron chi connectivity index (χ1n) is 3.69. The molecule has 0 aliphatic carbocycles. The Kier molecular flexibility index (Phi) is 3.90. The Morgan fingerprint density at radius 3 is 2.77 bits per heavy atom. The molecule has 0 saturated carbocycles. The SMILES string of the molecule is CN[C@@H](C(=O)OC)c1ccc(Br)s1. The summed E-state index contributed by atoms with van der Waals surface area (Å²) in [5, 5.41) is 2.90. The van der Waals surface area contributed by atoms with Crippen LogP contribution in [-0.4, -0.2) is 20.1 Å². The van der Waals surface area contributed by atoms with Crippen LogP contribution in [0.3, 0.4) is 0 Å². The maximum Gasteiger partial charge on any atom is 0.328 e. The molecule has 1 atom stereocenters. The first-order valence-corrected chi connectivity index (χ1v) is 5.30. The van der Waals surface area contributed by atoms with E-state index in [1.54, 1.807) is 7.05 Å². The number of carbonyl (C=O) groups is 1. The van der Waals surface area contributed by atoms with E-state index in [0.717, 1.165) is 8.66 Å². The highest BCUT2D eigenvalue weighted by Crippen LogP contribution is 2.27. The number of nitrogens with one attached hydrogen (secondary N) is 1. The Labute approximate surface area is 89.2 Å². The van der Waals surface area contributed by atoms with E-state index >= 15 is 0 Å². The van der Waals surface area contributed by atoms with Gasteiger partial charge in [0, 0.05) is 4.88 Å². The van der Waals surface area contributed by atoms with Crippen molar-refractivity contribution in [2.75, 3.05) is 14.2 Å². The number of rotatable bonds is 3. The largest absolute Gasteiger partial charge is 0.468 e. The lowest BCUT2D eigenvalue weighted by atomic mass is 10.2. The Morgan fingerprint density at radius 1 is 1.69 bits per heavy atom. The van der Waals surface area contributed by atoms with Crippen LogP contribution in [0.15, 0.2) is 15.9 Å². The molecule has 72 valence electrons. The number of hydrogen-bond acceptors (Lipinski definition) is 4. The molecule has 5 heteroatoms. The van der Waals surface area contributed by atoms with Crippen molar-refractivity contribution in [3.05, 3.63) is 20.8 Å². The van der Waals surface area contributed by atoms with Gasteiger partial charge in [-0.3, -0.25) is 0 Å². The molecular weight excluding hydrogens is 254 g/mol. The van der Waals surface area contributed by atoms with Crippen LogP contribution in [0.2, 0.25) is 0 Å². The van der Waals surface area contributed by atoms with Crippen LogP contribution < -0.4 is 5.32 Å². The van der Waals surface area contributed by atoms with Crippen LogP contribution in [0, 0.1) is 0 Å². The predicted molar refractivity (Wildman–Crippen MR) is 55.8 cm³/mol. The van der Waals surface area contributed by atoms with Crippen LogP contribution >= 0.6 is 27.3 Å². The van der Waals surface area contributed by atoms with Gasteiger partial charge < -0.3 is 10.1 Å². The summed E-state index contributed by atoms with van der Waals surface area (Å²) in [7, 11) is 3.12. The second-order valence-electron chi connectivity index (χ2n) is 2.39. The molecule has 0 unspecified atom stereocenters. The molecule has 0 fully saturated rings. The van der Waals surface area contributed by atoms with E-state index in [9.17, 15) is 4.79 Å². The third kappa shape index (κ3) is 2.52. The first-order chi connectivity index (χ1) is 6.19. The number of halogens is 1. The minimum atomic E-state index is -0.360. The summed E-state index contributed by atoms with van der Waals surface area (Å²) in [6, 6.07) is 3.45. The molecule has 1 rings (SSSR count). The highest BCUT2D eigenvalue weighted by molar-refractivity contribution is 9.11. The molecule has 0 bridgehead atoms. The predicted octanol–water partition coefficient (Wildman–Crippen LogP) is 1.94. The third-order valence-corrected chi connectivity index (χ3v) is 3.29. The zero-order valence-electron chi connectivity index (χ0n) is 7.33. The number of hydrogen-bond donors (Lipinski definition) is 1. The van der Waals surface area contributed by atoms with E-state index < -0.39 is 0 Å². The van der Waals surface area contributed by atoms with Crippen LogP contribution in [0.25, 0.3) is 0 Å². The van der Waals surface area contributed by atoms with E-state index in [0.29, 0.717) is 0 Å². The fraction of sp³-hybridized carbons (Fsp3) is 0.375. The van der Waals surface area contributed by atoms with Gasteiger partial charge in [0.25, 0.3) is 0 Å². The Balaban J connectivity index is 2.84. The van der Waals surface area contributed by atoms with Crippen LogP contribution in [0.4, 0.5) is 0 Å². The van der Waals surface area contributed by atoms with Gasteiger partial charge in [-0.15, -0.1) is 11.3 Å². The Hall–Kier alpha value is -0.390. The summed E-state index contributed by atoms with van der Waals surface area (Å²) in [6.07, 6.45) is 0. The smallest absolute Gasteiger partial charge is 0.328 e. The number of thiophene rings is 1. The van der Waals surface area contributed by atoms with E-state index in [4.69, 9.17) is 0 Å². The minimum Gasteiger partial charge on any atom is -0.468 e. The molecular formula is C8H10BrNO2S. The molecule has 0 aliphatic heterocycles. The molecule has 3 nitrogen and oxygen atoms in total. The van der Waals surface area contributed by atoms with Gasteiger partial charge >= 0.3 is 5.97 Å². The summed E-state index contributed by atoms with van der Waals surface area (Å²) >= 11 is 4.86. The van der Waals surface area contributed by atoms with Gasteiger partial charge in [-0.2, -0.15) is 0 Å². The van der Waals surface area contributed by atoms with Crippen molar-refractivity contribution in [1.29, 1.82) is 0 Å². The van der Waals surface area contributed by atoms with Crippen molar-refractivity contribution in [3.63, 3.8) is 0 Å². The highest BCUT2D eigenvalue weighted by atomic mass is 79.9. The lowest BCUT2D eigenvalue weighted by molar-refractivity contribution is -0.143. The lowest BCUT2D eigenvalue weighted by Crippen LogP contribution is -2.25. The van der Waals surface area contributed by atoms with E-state index in [1.165, 1.54) is 18.4 Å². The molecule has 0 spiro atoms. The van der Waals surface area contributed by atoms with Gasteiger partial charge in [-0.05, 0) is 35.1 Å². The van der Waals surface area contributed by atoms with Crippen molar-refractivity contribution in [2.45, 2.75) is 6.04 Å². The molecule has 1 N–H and O–H groups in total. The average Bonchev–Trinajstić information content (AvgIpc) is 2.53. The maximum absolute atomic E-state index is 11.3. The Morgan fingerprint density at radius 2 is 2.38 bits per heavy atom. The van der Waals surface area contributed by atoms with E-state index in [-0.39, 0.29) is 12.0 Å². The molecule has 1 aromatic rings. The molecule has 0 aliphatic rings. The number of likely N-dealkylation sites (N-methyl/N-ethyl adjacent to an activating group) is 1. The first kappa shape index (κ1) is 10.7. The zero-order chi connectivity index (χ0) is 9.84.